The molecule has 0 amide bonds. The fourth-order valence-corrected chi connectivity index (χ4v) is 2.17. The molecule has 106 valence electrons. The molecule has 0 saturated heterocycles. The highest BCUT2D eigenvalue weighted by atomic mass is 79.9. The predicted octanol–water partition coefficient (Wildman–Crippen LogP) is 4.05. The standard InChI is InChI=1S/C15H18BrN3O/c1-4-8-20-12-7-5-6-11(9-12)14-18-10(2)13(16)15(17-3)19-14/h5-7,9H,4,8H2,1-3H3,(H,17,18,19). The summed E-state index contributed by atoms with van der Waals surface area (Å²) in [4.78, 5) is 9.04. The molecule has 20 heavy (non-hydrogen) atoms. The summed E-state index contributed by atoms with van der Waals surface area (Å²) in [6.07, 6.45) is 0.988. The first-order valence-corrected chi connectivity index (χ1v) is 7.40. The van der Waals surface area contributed by atoms with Crippen molar-refractivity contribution < 1.29 is 4.74 Å². The Morgan fingerprint density at radius 1 is 1.30 bits per heavy atom. The van der Waals surface area contributed by atoms with Gasteiger partial charge in [0.1, 0.15) is 11.6 Å². The van der Waals surface area contributed by atoms with E-state index in [-0.39, 0.29) is 0 Å². The second kappa shape index (κ2) is 6.70. The minimum absolute atomic E-state index is 0.692. The topological polar surface area (TPSA) is 47.0 Å². The van der Waals surface area contributed by atoms with Gasteiger partial charge in [-0.15, -0.1) is 0 Å². The van der Waals surface area contributed by atoms with E-state index >= 15 is 0 Å². The van der Waals surface area contributed by atoms with Crippen LogP contribution < -0.4 is 10.1 Å². The summed E-state index contributed by atoms with van der Waals surface area (Å²) in [6, 6.07) is 7.86. The van der Waals surface area contributed by atoms with Gasteiger partial charge in [0.2, 0.25) is 0 Å². The Kier molecular flexibility index (Phi) is 4.95. The first-order valence-electron chi connectivity index (χ1n) is 6.60. The van der Waals surface area contributed by atoms with Gasteiger partial charge in [0.25, 0.3) is 0 Å². The van der Waals surface area contributed by atoms with Gasteiger partial charge < -0.3 is 10.1 Å². The van der Waals surface area contributed by atoms with Crippen LogP contribution >= 0.6 is 15.9 Å². The number of benzene rings is 1. The molecule has 1 heterocycles. The average Bonchev–Trinajstić information content (AvgIpc) is 2.48. The van der Waals surface area contributed by atoms with Crippen molar-refractivity contribution in [3.8, 4) is 17.1 Å². The molecule has 5 heteroatoms. The summed E-state index contributed by atoms with van der Waals surface area (Å²) in [5.74, 6) is 2.32. The smallest absolute Gasteiger partial charge is 0.161 e. The lowest BCUT2D eigenvalue weighted by Crippen LogP contribution is -2.01. The number of aryl methyl sites for hydroxylation is 1. The van der Waals surface area contributed by atoms with Crippen molar-refractivity contribution in [3.05, 3.63) is 34.4 Å². The molecule has 2 rings (SSSR count). The van der Waals surface area contributed by atoms with Crippen molar-refractivity contribution in [2.45, 2.75) is 20.3 Å². The maximum Gasteiger partial charge on any atom is 0.161 e. The molecule has 0 bridgehead atoms. The third-order valence-electron chi connectivity index (χ3n) is 2.82. The number of hydrogen-bond acceptors (Lipinski definition) is 4. The zero-order valence-corrected chi connectivity index (χ0v) is 13.5. The number of rotatable bonds is 5. The molecule has 0 unspecified atom stereocenters. The maximum absolute atomic E-state index is 5.65. The molecule has 4 nitrogen and oxygen atoms in total. The molecular formula is C15H18BrN3O. The van der Waals surface area contributed by atoms with E-state index in [1.807, 2.05) is 38.2 Å². The summed E-state index contributed by atoms with van der Waals surface area (Å²) in [5, 5.41) is 3.07. The van der Waals surface area contributed by atoms with Gasteiger partial charge in [-0.3, -0.25) is 0 Å². The lowest BCUT2D eigenvalue weighted by atomic mass is 10.2. The van der Waals surface area contributed by atoms with Crippen molar-refractivity contribution in [1.29, 1.82) is 0 Å². The number of hydrogen-bond donors (Lipinski definition) is 1. The molecule has 1 N–H and O–H groups in total. The molecule has 0 aliphatic heterocycles. The predicted molar refractivity (Wildman–Crippen MR) is 85.2 cm³/mol. The highest BCUT2D eigenvalue weighted by molar-refractivity contribution is 9.10. The van der Waals surface area contributed by atoms with Crippen LogP contribution in [0.1, 0.15) is 19.0 Å². The van der Waals surface area contributed by atoms with Crippen molar-refractivity contribution in [2.24, 2.45) is 0 Å². The molecule has 0 aliphatic carbocycles. The lowest BCUT2D eigenvalue weighted by Gasteiger charge is -2.10. The molecule has 0 fully saturated rings. The largest absolute Gasteiger partial charge is 0.494 e. The van der Waals surface area contributed by atoms with Crippen LogP contribution in [-0.2, 0) is 0 Å². The number of ether oxygens (including phenoxy) is 1. The number of halogens is 1. The molecule has 1 aromatic carbocycles. The second-order valence-corrected chi connectivity index (χ2v) is 5.21. The SMILES string of the molecule is CCCOc1cccc(-c2nc(C)c(Br)c(NC)n2)c1. The minimum atomic E-state index is 0.692. The van der Waals surface area contributed by atoms with Crippen molar-refractivity contribution in [2.75, 3.05) is 19.0 Å². The van der Waals surface area contributed by atoms with Gasteiger partial charge in [-0.05, 0) is 41.4 Å². The summed E-state index contributed by atoms with van der Waals surface area (Å²) in [5.41, 5.74) is 1.85. The molecule has 0 aliphatic rings. The number of anilines is 1. The zero-order chi connectivity index (χ0) is 14.5. The van der Waals surface area contributed by atoms with Crippen LogP contribution in [0.3, 0.4) is 0 Å². The fraction of sp³-hybridized carbons (Fsp3) is 0.333. The number of nitrogens with one attached hydrogen (secondary N) is 1. The van der Waals surface area contributed by atoms with Gasteiger partial charge in [0.05, 0.1) is 16.8 Å². The van der Waals surface area contributed by atoms with Gasteiger partial charge in [0.15, 0.2) is 5.82 Å². The van der Waals surface area contributed by atoms with Crippen molar-refractivity contribution >= 4 is 21.7 Å². The summed E-state index contributed by atoms with van der Waals surface area (Å²) in [7, 11) is 1.84. The molecule has 0 radical (unpaired) electrons. The van der Waals surface area contributed by atoms with Gasteiger partial charge in [-0.25, -0.2) is 9.97 Å². The highest BCUT2D eigenvalue weighted by Gasteiger charge is 2.10. The Morgan fingerprint density at radius 2 is 2.10 bits per heavy atom. The Labute approximate surface area is 127 Å². The fourth-order valence-electron chi connectivity index (χ4n) is 1.80. The monoisotopic (exact) mass is 335 g/mol. The van der Waals surface area contributed by atoms with E-state index in [2.05, 4.69) is 38.1 Å². The van der Waals surface area contributed by atoms with Crippen LogP contribution in [0.15, 0.2) is 28.7 Å². The number of nitrogens with zero attached hydrogens (tertiary/aromatic N) is 2. The van der Waals surface area contributed by atoms with E-state index in [9.17, 15) is 0 Å². The third kappa shape index (κ3) is 3.28. The van der Waals surface area contributed by atoms with Crippen LogP contribution in [0.4, 0.5) is 5.82 Å². The molecule has 0 saturated carbocycles. The van der Waals surface area contributed by atoms with Gasteiger partial charge in [-0.1, -0.05) is 19.1 Å². The molecule has 1 aromatic heterocycles. The second-order valence-electron chi connectivity index (χ2n) is 4.42. The van der Waals surface area contributed by atoms with Gasteiger partial charge in [0, 0.05) is 12.6 Å². The summed E-state index contributed by atoms with van der Waals surface area (Å²) >= 11 is 3.48. The Hall–Kier alpha value is -1.62. The Balaban J connectivity index is 2.38. The highest BCUT2D eigenvalue weighted by Crippen LogP contribution is 2.27. The third-order valence-corrected chi connectivity index (χ3v) is 3.77. The van der Waals surface area contributed by atoms with E-state index in [0.29, 0.717) is 12.4 Å². The molecular weight excluding hydrogens is 318 g/mol. The minimum Gasteiger partial charge on any atom is -0.494 e. The maximum atomic E-state index is 5.65. The van der Waals surface area contributed by atoms with Crippen LogP contribution in [0, 0.1) is 6.92 Å². The van der Waals surface area contributed by atoms with Crippen molar-refractivity contribution in [1.82, 2.24) is 9.97 Å². The Morgan fingerprint density at radius 3 is 2.80 bits per heavy atom. The van der Waals surface area contributed by atoms with E-state index < -0.39 is 0 Å². The average molecular weight is 336 g/mol. The normalized spacial score (nSPS) is 10.4. The van der Waals surface area contributed by atoms with Crippen LogP contribution in [0.2, 0.25) is 0 Å². The summed E-state index contributed by atoms with van der Waals surface area (Å²) < 4.78 is 6.54. The van der Waals surface area contributed by atoms with Gasteiger partial charge in [-0.2, -0.15) is 0 Å². The van der Waals surface area contributed by atoms with Crippen LogP contribution in [0.5, 0.6) is 5.75 Å². The number of aromatic nitrogens is 2. The van der Waals surface area contributed by atoms with Crippen molar-refractivity contribution in [3.63, 3.8) is 0 Å². The lowest BCUT2D eigenvalue weighted by molar-refractivity contribution is 0.317. The van der Waals surface area contributed by atoms with E-state index in [1.54, 1.807) is 0 Å². The molecule has 0 atom stereocenters. The molecule has 2 aromatic rings. The Bertz CT molecular complexity index is 602. The van der Waals surface area contributed by atoms with E-state index in [1.165, 1.54) is 0 Å². The first-order chi connectivity index (χ1) is 9.65. The van der Waals surface area contributed by atoms with Crippen LogP contribution in [0.25, 0.3) is 11.4 Å². The zero-order valence-electron chi connectivity index (χ0n) is 11.9. The first kappa shape index (κ1) is 14.8. The van der Waals surface area contributed by atoms with Crippen LogP contribution in [-0.4, -0.2) is 23.6 Å². The molecule has 0 spiro atoms. The summed E-state index contributed by atoms with van der Waals surface area (Å²) in [6.45, 7) is 4.75. The van der Waals surface area contributed by atoms with Gasteiger partial charge >= 0.3 is 0 Å². The quantitative estimate of drug-likeness (QED) is 0.895. The van der Waals surface area contributed by atoms with E-state index in [4.69, 9.17) is 4.74 Å². The van der Waals surface area contributed by atoms with E-state index in [0.717, 1.165) is 33.7 Å².